The molecule has 1 unspecified atom stereocenters. The Morgan fingerprint density at radius 3 is 2.47 bits per heavy atom. The molecule has 0 heterocycles. The van der Waals surface area contributed by atoms with E-state index in [1.807, 2.05) is 6.92 Å². The van der Waals surface area contributed by atoms with Crippen molar-refractivity contribution in [2.24, 2.45) is 0 Å². The van der Waals surface area contributed by atoms with Crippen molar-refractivity contribution in [3.8, 4) is 0 Å². The molecular weight excluding hydrogens is 214 g/mol. The standard InChI is InChI=1S/C14H21NO2/c1-4-13(15-14(16)10-17-5-2)12-8-6-11(3)7-9-12/h6-9,13H,4-5,10H2,1-3H3,(H,15,16). The Hall–Kier alpha value is -1.35. The zero-order valence-electron chi connectivity index (χ0n) is 10.8. The molecule has 17 heavy (non-hydrogen) atoms. The minimum absolute atomic E-state index is 0.0562. The SMILES string of the molecule is CCOCC(=O)NC(CC)c1ccc(C)cc1. The predicted octanol–water partition coefficient (Wildman–Crippen LogP) is 2.60. The molecule has 1 rings (SSSR count). The highest BCUT2D eigenvalue weighted by molar-refractivity contribution is 5.77. The van der Waals surface area contributed by atoms with Gasteiger partial charge in [-0.25, -0.2) is 0 Å². The number of benzene rings is 1. The largest absolute Gasteiger partial charge is 0.372 e. The molecule has 1 amide bonds. The van der Waals surface area contributed by atoms with Crippen molar-refractivity contribution < 1.29 is 9.53 Å². The van der Waals surface area contributed by atoms with Crippen molar-refractivity contribution in [2.45, 2.75) is 33.2 Å². The van der Waals surface area contributed by atoms with Crippen molar-refractivity contribution in [3.05, 3.63) is 35.4 Å². The monoisotopic (exact) mass is 235 g/mol. The summed E-state index contributed by atoms with van der Waals surface area (Å²) in [5, 5.41) is 2.97. The van der Waals surface area contributed by atoms with E-state index in [0.29, 0.717) is 6.61 Å². The zero-order chi connectivity index (χ0) is 12.7. The van der Waals surface area contributed by atoms with Gasteiger partial charge in [0.05, 0.1) is 6.04 Å². The molecule has 1 atom stereocenters. The smallest absolute Gasteiger partial charge is 0.246 e. The molecule has 94 valence electrons. The van der Waals surface area contributed by atoms with Crippen molar-refractivity contribution >= 4 is 5.91 Å². The third-order valence-corrected chi connectivity index (χ3v) is 2.66. The number of carbonyl (C=O) groups excluding carboxylic acids is 1. The van der Waals surface area contributed by atoms with Crippen molar-refractivity contribution in [1.82, 2.24) is 5.32 Å². The van der Waals surface area contributed by atoms with Crippen molar-refractivity contribution in [2.75, 3.05) is 13.2 Å². The highest BCUT2D eigenvalue weighted by atomic mass is 16.5. The van der Waals surface area contributed by atoms with E-state index in [0.717, 1.165) is 12.0 Å². The van der Waals surface area contributed by atoms with Crippen LogP contribution in [0.15, 0.2) is 24.3 Å². The van der Waals surface area contributed by atoms with Gasteiger partial charge in [-0.1, -0.05) is 36.8 Å². The Labute approximate surface area is 103 Å². The van der Waals surface area contributed by atoms with Gasteiger partial charge < -0.3 is 10.1 Å². The average Bonchev–Trinajstić information content (AvgIpc) is 2.34. The number of amides is 1. The second-order valence-corrected chi connectivity index (χ2v) is 4.08. The summed E-state index contributed by atoms with van der Waals surface area (Å²) in [5.41, 5.74) is 2.37. The molecule has 0 saturated heterocycles. The first kappa shape index (κ1) is 13.7. The van der Waals surface area contributed by atoms with E-state index in [9.17, 15) is 4.79 Å². The number of carbonyl (C=O) groups is 1. The van der Waals surface area contributed by atoms with Crippen LogP contribution in [0.3, 0.4) is 0 Å². The minimum atomic E-state index is -0.0562. The maximum atomic E-state index is 11.6. The van der Waals surface area contributed by atoms with Crippen LogP contribution in [-0.4, -0.2) is 19.1 Å². The van der Waals surface area contributed by atoms with Crippen LogP contribution in [0.2, 0.25) is 0 Å². The van der Waals surface area contributed by atoms with Gasteiger partial charge in [-0.3, -0.25) is 4.79 Å². The van der Waals surface area contributed by atoms with Crippen molar-refractivity contribution in [1.29, 1.82) is 0 Å². The molecule has 0 aliphatic carbocycles. The van der Waals surface area contributed by atoms with Crippen LogP contribution in [0.1, 0.15) is 37.4 Å². The summed E-state index contributed by atoms with van der Waals surface area (Å²) in [7, 11) is 0. The second-order valence-electron chi connectivity index (χ2n) is 4.08. The van der Waals surface area contributed by atoms with Gasteiger partial charge >= 0.3 is 0 Å². The first-order valence-corrected chi connectivity index (χ1v) is 6.11. The van der Waals surface area contributed by atoms with Crippen LogP contribution in [-0.2, 0) is 9.53 Å². The predicted molar refractivity (Wildman–Crippen MR) is 68.8 cm³/mol. The van der Waals surface area contributed by atoms with Gasteiger partial charge in [-0.2, -0.15) is 0 Å². The Morgan fingerprint density at radius 2 is 1.94 bits per heavy atom. The van der Waals surface area contributed by atoms with Crippen LogP contribution >= 0.6 is 0 Å². The summed E-state index contributed by atoms with van der Waals surface area (Å²) in [6.45, 7) is 6.70. The highest BCUT2D eigenvalue weighted by Gasteiger charge is 2.12. The lowest BCUT2D eigenvalue weighted by atomic mass is 10.0. The Morgan fingerprint density at radius 1 is 1.29 bits per heavy atom. The first-order chi connectivity index (χ1) is 8.17. The lowest BCUT2D eigenvalue weighted by molar-refractivity contribution is -0.126. The molecule has 0 spiro atoms. The molecule has 1 aromatic carbocycles. The van der Waals surface area contributed by atoms with Gasteiger partial charge in [-0.05, 0) is 25.8 Å². The van der Waals surface area contributed by atoms with Crippen LogP contribution in [0.4, 0.5) is 0 Å². The zero-order valence-corrected chi connectivity index (χ0v) is 10.8. The molecule has 0 radical (unpaired) electrons. The molecule has 3 heteroatoms. The summed E-state index contributed by atoms with van der Waals surface area (Å²) >= 11 is 0. The number of hydrogen-bond acceptors (Lipinski definition) is 2. The van der Waals surface area contributed by atoms with Gasteiger partial charge in [0, 0.05) is 6.61 Å². The Bertz CT molecular complexity index is 346. The maximum absolute atomic E-state index is 11.6. The number of rotatable bonds is 6. The lowest BCUT2D eigenvalue weighted by Crippen LogP contribution is -2.31. The molecular formula is C14H21NO2. The molecule has 1 N–H and O–H groups in total. The van der Waals surface area contributed by atoms with E-state index in [2.05, 4.69) is 43.4 Å². The maximum Gasteiger partial charge on any atom is 0.246 e. The van der Waals surface area contributed by atoms with Crippen LogP contribution < -0.4 is 5.32 Å². The molecule has 0 aromatic heterocycles. The van der Waals surface area contributed by atoms with E-state index < -0.39 is 0 Å². The lowest BCUT2D eigenvalue weighted by Gasteiger charge is -2.17. The molecule has 0 aliphatic rings. The van der Waals surface area contributed by atoms with Crippen LogP contribution in [0, 0.1) is 6.92 Å². The molecule has 0 bridgehead atoms. The number of hydrogen-bond donors (Lipinski definition) is 1. The molecule has 0 fully saturated rings. The fourth-order valence-corrected chi connectivity index (χ4v) is 1.65. The quantitative estimate of drug-likeness (QED) is 0.823. The number of ether oxygens (including phenoxy) is 1. The third kappa shape index (κ3) is 4.57. The topological polar surface area (TPSA) is 38.3 Å². The Kier molecular flexibility index (Phi) is 5.70. The number of aryl methyl sites for hydroxylation is 1. The average molecular weight is 235 g/mol. The molecule has 1 aromatic rings. The van der Waals surface area contributed by atoms with E-state index in [4.69, 9.17) is 4.74 Å². The van der Waals surface area contributed by atoms with Gasteiger partial charge in [0.25, 0.3) is 0 Å². The second kappa shape index (κ2) is 7.07. The van der Waals surface area contributed by atoms with E-state index in [1.165, 1.54) is 5.56 Å². The van der Waals surface area contributed by atoms with Crippen molar-refractivity contribution in [3.63, 3.8) is 0 Å². The van der Waals surface area contributed by atoms with E-state index in [-0.39, 0.29) is 18.6 Å². The van der Waals surface area contributed by atoms with E-state index >= 15 is 0 Å². The molecule has 0 saturated carbocycles. The number of nitrogens with one attached hydrogen (secondary N) is 1. The normalized spacial score (nSPS) is 12.2. The first-order valence-electron chi connectivity index (χ1n) is 6.11. The fourth-order valence-electron chi connectivity index (χ4n) is 1.65. The molecule has 3 nitrogen and oxygen atoms in total. The summed E-state index contributed by atoms with van der Waals surface area (Å²) in [4.78, 5) is 11.6. The van der Waals surface area contributed by atoms with Gasteiger partial charge in [-0.15, -0.1) is 0 Å². The van der Waals surface area contributed by atoms with Crippen LogP contribution in [0.5, 0.6) is 0 Å². The Balaban J connectivity index is 2.59. The summed E-state index contributed by atoms with van der Waals surface area (Å²) in [6, 6.07) is 8.32. The molecule has 0 aliphatic heterocycles. The van der Waals surface area contributed by atoms with E-state index in [1.54, 1.807) is 0 Å². The highest BCUT2D eigenvalue weighted by Crippen LogP contribution is 2.16. The summed E-state index contributed by atoms with van der Waals surface area (Å²) < 4.78 is 5.08. The third-order valence-electron chi connectivity index (χ3n) is 2.66. The van der Waals surface area contributed by atoms with Crippen LogP contribution in [0.25, 0.3) is 0 Å². The van der Waals surface area contributed by atoms with Gasteiger partial charge in [0.15, 0.2) is 0 Å². The van der Waals surface area contributed by atoms with Gasteiger partial charge in [0.2, 0.25) is 5.91 Å². The fraction of sp³-hybridized carbons (Fsp3) is 0.500. The van der Waals surface area contributed by atoms with Gasteiger partial charge in [0.1, 0.15) is 6.61 Å². The summed E-state index contributed by atoms with van der Waals surface area (Å²) in [5.74, 6) is -0.0562. The summed E-state index contributed by atoms with van der Waals surface area (Å²) in [6.07, 6.45) is 0.876. The minimum Gasteiger partial charge on any atom is -0.372 e.